The summed E-state index contributed by atoms with van der Waals surface area (Å²) >= 11 is 0. The molecule has 1 aliphatic rings. The molecule has 1 heterocycles. The van der Waals surface area contributed by atoms with Crippen LogP contribution in [-0.4, -0.2) is 88.1 Å². The van der Waals surface area contributed by atoms with Gasteiger partial charge in [0.1, 0.15) is 5.82 Å². The molecule has 0 unspecified atom stereocenters. The number of benzene rings is 1. The summed E-state index contributed by atoms with van der Waals surface area (Å²) in [6.07, 6.45) is 0. The van der Waals surface area contributed by atoms with Crippen molar-refractivity contribution in [2.24, 2.45) is 4.99 Å². The third-order valence-electron chi connectivity index (χ3n) is 4.03. The predicted octanol–water partition coefficient (Wildman–Crippen LogP) is 1.43. The maximum Gasteiger partial charge on any atom is 0.195 e. The van der Waals surface area contributed by atoms with E-state index < -0.39 is 0 Å². The maximum absolute atomic E-state index is 13.0. The van der Waals surface area contributed by atoms with E-state index in [1.165, 1.54) is 12.1 Å². The van der Waals surface area contributed by atoms with Crippen molar-refractivity contribution >= 4 is 11.6 Å². The molecular formula is C17H28FN5. The third kappa shape index (κ3) is 5.10. The number of hydrogen-bond donors (Lipinski definition) is 0. The van der Waals surface area contributed by atoms with E-state index in [9.17, 15) is 4.39 Å². The van der Waals surface area contributed by atoms with Crippen molar-refractivity contribution < 1.29 is 4.39 Å². The van der Waals surface area contributed by atoms with Gasteiger partial charge in [-0.15, -0.1) is 0 Å². The number of halogens is 1. The van der Waals surface area contributed by atoms with Crippen molar-refractivity contribution in [3.8, 4) is 0 Å². The molecule has 0 radical (unpaired) electrons. The van der Waals surface area contributed by atoms with Crippen molar-refractivity contribution in [3.05, 3.63) is 30.1 Å². The van der Waals surface area contributed by atoms with E-state index in [1.807, 2.05) is 50.1 Å². The van der Waals surface area contributed by atoms with Crippen molar-refractivity contribution in [3.63, 3.8) is 0 Å². The smallest absolute Gasteiger partial charge is 0.195 e. The minimum absolute atomic E-state index is 0.178. The van der Waals surface area contributed by atoms with Crippen LogP contribution in [0.15, 0.2) is 29.3 Å². The van der Waals surface area contributed by atoms with Gasteiger partial charge in [0.15, 0.2) is 5.96 Å². The monoisotopic (exact) mass is 321 g/mol. The lowest BCUT2D eigenvalue weighted by Crippen LogP contribution is -2.47. The first-order chi connectivity index (χ1) is 11.0. The molecule has 0 saturated carbocycles. The molecule has 0 amide bonds. The van der Waals surface area contributed by atoms with Crippen molar-refractivity contribution in [2.75, 3.05) is 72.4 Å². The Labute approximate surface area is 139 Å². The average molecular weight is 321 g/mol. The first-order valence-electron chi connectivity index (χ1n) is 8.09. The van der Waals surface area contributed by atoms with E-state index in [1.54, 1.807) is 0 Å². The Bertz CT molecular complexity index is 494. The van der Waals surface area contributed by atoms with Crippen LogP contribution in [0, 0.1) is 5.82 Å². The second-order valence-electron chi connectivity index (χ2n) is 6.28. The van der Waals surface area contributed by atoms with Crippen LogP contribution >= 0.6 is 0 Å². The number of aliphatic imine (C=N–C) groups is 1. The molecular weight excluding hydrogens is 293 g/mol. The van der Waals surface area contributed by atoms with Crippen molar-refractivity contribution in [2.45, 2.75) is 0 Å². The highest BCUT2D eigenvalue weighted by Crippen LogP contribution is 2.16. The van der Waals surface area contributed by atoms with Gasteiger partial charge in [-0.1, -0.05) is 0 Å². The fourth-order valence-electron chi connectivity index (χ4n) is 2.86. The van der Waals surface area contributed by atoms with Gasteiger partial charge in [0.05, 0.1) is 6.54 Å². The van der Waals surface area contributed by atoms with E-state index in [0.29, 0.717) is 0 Å². The van der Waals surface area contributed by atoms with E-state index >= 15 is 0 Å². The van der Waals surface area contributed by atoms with Gasteiger partial charge in [0.2, 0.25) is 0 Å². The second-order valence-corrected chi connectivity index (χ2v) is 6.28. The van der Waals surface area contributed by atoms with Gasteiger partial charge in [0, 0.05) is 66.6 Å². The largest absolute Gasteiger partial charge is 0.369 e. The average Bonchev–Trinajstić information content (AvgIpc) is 2.52. The fraction of sp³-hybridized carbons (Fsp3) is 0.588. The van der Waals surface area contributed by atoms with E-state index in [4.69, 9.17) is 0 Å². The zero-order valence-corrected chi connectivity index (χ0v) is 14.7. The summed E-state index contributed by atoms with van der Waals surface area (Å²) in [6, 6.07) is 6.77. The summed E-state index contributed by atoms with van der Waals surface area (Å²) in [5.74, 6) is 0.817. The summed E-state index contributed by atoms with van der Waals surface area (Å²) in [6.45, 7) is 5.77. The molecule has 2 rings (SSSR count). The Morgan fingerprint density at radius 1 is 1.00 bits per heavy atom. The minimum atomic E-state index is -0.178. The highest BCUT2D eigenvalue weighted by Gasteiger charge is 2.17. The molecule has 0 bridgehead atoms. The number of anilines is 1. The minimum Gasteiger partial charge on any atom is -0.369 e. The number of guanidine groups is 1. The standard InChI is InChI=1S/C17H28FN5/c1-20(2)17(21(3)4)19-9-10-22-11-13-23(14-12-22)16-7-5-15(18)6-8-16/h5-8H,9-14H2,1-4H3. The topological polar surface area (TPSA) is 25.3 Å². The molecule has 1 saturated heterocycles. The molecule has 128 valence electrons. The maximum atomic E-state index is 13.0. The molecule has 1 fully saturated rings. The van der Waals surface area contributed by atoms with Crippen LogP contribution in [0.1, 0.15) is 0 Å². The molecule has 5 nitrogen and oxygen atoms in total. The Morgan fingerprint density at radius 2 is 1.57 bits per heavy atom. The number of nitrogens with zero attached hydrogens (tertiary/aromatic N) is 5. The van der Waals surface area contributed by atoms with E-state index in [2.05, 4.69) is 14.8 Å². The molecule has 0 atom stereocenters. The zero-order valence-electron chi connectivity index (χ0n) is 14.7. The summed E-state index contributed by atoms with van der Waals surface area (Å²) in [5, 5.41) is 0. The van der Waals surface area contributed by atoms with Crippen LogP contribution in [0.25, 0.3) is 0 Å². The zero-order chi connectivity index (χ0) is 16.8. The molecule has 6 heteroatoms. The third-order valence-corrected chi connectivity index (χ3v) is 4.03. The van der Waals surface area contributed by atoms with Crippen LogP contribution in [0.3, 0.4) is 0 Å². The highest BCUT2D eigenvalue weighted by molar-refractivity contribution is 5.79. The summed E-state index contributed by atoms with van der Waals surface area (Å²) < 4.78 is 13.0. The van der Waals surface area contributed by atoms with Gasteiger partial charge in [-0.25, -0.2) is 4.39 Å². The molecule has 0 N–H and O–H groups in total. The van der Waals surface area contributed by atoms with Crippen LogP contribution in [-0.2, 0) is 0 Å². The number of piperazine rings is 1. The number of rotatable bonds is 4. The molecule has 1 aromatic carbocycles. The molecule has 1 aromatic rings. The first kappa shape index (κ1) is 17.5. The first-order valence-corrected chi connectivity index (χ1v) is 8.09. The normalized spacial score (nSPS) is 15.4. The molecule has 0 spiro atoms. The Morgan fingerprint density at radius 3 is 2.09 bits per heavy atom. The lowest BCUT2D eigenvalue weighted by molar-refractivity contribution is 0.264. The highest BCUT2D eigenvalue weighted by atomic mass is 19.1. The second kappa shape index (κ2) is 8.15. The van der Waals surface area contributed by atoms with Crippen LogP contribution in [0.2, 0.25) is 0 Å². The lowest BCUT2D eigenvalue weighted by Gasteiger charge is -2.36. The summed E-state index contributed by atoms with van der Waals surface area (Å²) in [7, 11) is 8.06. The molecule has 0 aromatic heterocycles. The summed E-state index contributed by atoms with van der Waals surface area (Å²) in [5.41, 5.74) is 1.10. The summed E-state index contributed by atoms with van der Waals surface area (Å²) in [4.78, 5) is 13.5. The quantitative estimate of drug-likeness (QED) is 0.619. The SMILES string of the molecule is CN(C)C(=NCCN1CCN(c2ccc(F)cc2)CC1)N(C)C. The van der Waals surface area contributed by atoms with Gasteiger partial charge in [-0.05, 0) is 24.3 Å². The van der Waals surface area contributed by atoms with Crippen LogP contribution < -0.4 is 4.90 Å². The Hall–Kier alpha value is -1.82. The Balaban J connectivity index is 1.78. The van der Waals surface area contributed by atoms with E-state index in [0.717, 1.165) is 50.9 Å². The molecule has 1 aliphatic heterocycles. The van der Waals surface area contributed by atoms with E-state index in [-0.39, 0.29) is 5.82 Å². The molecule has 0 aliphatic carbocycles. The van der Waals surface area contributed by atoms with Gasteiger partial charge in [-0.2, -0.15) is 0 Å². The van der Waals surface area contributed by atoms with Crippen LogP contribution in [0.5, 0.6) is 0 Å². The van der Waals surface area contributed by atoms with Crippen molar-refractivity contribution in [1.82, 2.24) is 14.7 Å². The number of hydrogen-bond acceptors (Lipinski definition) is 3. The van der Waals surface area contributed by atoms with Gasteiger partial charge < -0.3 is 14.7 Å². The van der Waals surface area contributed by atoms with Gasteiger partial charge >= 0.3 is 0 Å². The Kier molecular flexibility index (Phi) is 6.21. The molecule has 23 heavy (non-hydrogen) atoms. The fourth-order valence-corrected chi connectivity index (χ4v) is 2.86. The van der Waals surface area contributed by atoms with Crippen molar-refractivity contribution in [1.29, 1.82) is 0 Å². The van der Waals surface area contributed by atoms with Gasteiger partial charge in [0.25, 0.3) is 0 Å². The predicted molar refractivity (Wildman–Crippen MR) is 94.7 cm³/mol. The van der Waals surface area contributed by atoms with Gasteiger partial charge in [-0.3, -0.25) is 9.89 Å². The lowest BCUT2D eigenvalue weighted by atomic mass is 10.2. The van der Waals surface area contributed by atoms with Crippen LogP contribution in [0.4, 0.5) is 10.1 Å².